The van der Waals surface area contributed by atoms with E-state index < -0.39 is 10.0 Å². The maximum Gasteiger partial charge on any atom is 0.238 e. The number of halogens is 1. The van der Waals surface area contributed by atoms with Crippen molar-refractivity contribution < 1.29 is 17.9 Å². The molecule has 5 nitrogen and oxygen atoms in total. The van der Waals surface area contributed by atoms with Crippen molar-refractivity contribution in [2.24, 2.45) is 5.14 Å². The van der Waals surface area contributed by atoms with Gasteiger partial charge in [-0.05, 0) is 47.0 Å². The Morgan fingerprint density at radius 2 is 2.26 bits per heavy atom. The molecule has 1 fully saturated rings. The lowest BCUT2D eigenvalue weighted by atomic mass is 10.2. The summed E-state index contributed by atoms with van der Waals surface area (Å²) in [4.78, 5) is 0.0610. The van der Waals surface area contributed by atoms with Crippen molar-refractivity contribution in [3.63, 3.8) is 0 Å². The number of rotatable bonds is 5. The molecule has 7 heteroatoms. The van der Waals surface area contributed by atoms with Gasteiger partial charge in [0.15, 0.2) is 0 Å². The maximum atomic E-state index is 11.2. The van der Waals surface area contributed by atoms with Crippen molar-refractivity contribution in [2.45, 2.75) is 30.3 Å². The largest absolute Gasteiger partial charge is 0.492 e. The van der Waals surface area contributed by atoms with Crippen LogP contribution in [0, 0.1) is 0 Å². The minimum absolute atomic E-state index is 0.0610. The van der Waals surface area contributed by atoms with Crippen LogP contribution in [-0.4, -0.2) is 27.7 Å². The summed E-state index contributed by atoms with van der Waals surface area (Å²) in [5.41, 5.74) is 0. The molecule has 1 aliphatic rings. The Labute approximate surface area is 121 Å². The van der Waals surface area contributed by atoms with Crippen LogP contribution in [0.25, 0.3) is 0 Å². The van der Waals surface area contributed by atoms with E-state index in [-0.39, 0.29) is 11.0 Å². The molecule has 2 rings (SSSR count). The highest BCUT2D eigenvalue weighted by molar-refractivity contribution is 9.10. The van der Waals surface area contributed by atoms with Crippen molar-refractivity contribution in [1.82, 2.24) is 0 Å². The van der Waals surface area contributed by atoms with Gasteiger partial charge in [-0.3, -0.25) is 0 Å². The van der Waals surface area contributed by atoms with Gasteiger partial charge in [0.25, 0.3) is 0 Å². The molecular formula is C12H16BrNO4S. The lowest BCUT2D eigenvalue weighted by Crippen LogP contribution is -2.13. The third kappa shape index (κ3) is 4.17. The second-order valence-corrected chi connectivity index (χ2v) is 6.83. The zero-order valence-electron chi connectivity index (χ0n) is 10.3. The summed E-state index contributed by atoms with van der Waals surface area (Å²) in [6.07, 6.45) is 3.30. The number of sulfonamides is 1. The lowest BCUT2D eigenvalue weighted by molar-refractivity contribution is 0.0902. The molecular weight excluding hydrogens is 334 g/mol. The van der Waals surface area contributed by atoms with Crippen molar-refractivity contribution in [1.29, 1.82) is 0 Å². The van der Waals surface area contributed by atoms with E-state index in [0.29, 0.717) is 16.8 Å². The molecule has 0 aliphatic carbocycles. The molecule has 0 amide bonds. The van der Waals surface area contributed by atoms with Crippen LogP contribution in [0.1, 0.15) is 19.3 Å². The van der Waals surface area contributed by atoms with Gasteiger partial charge in [-0.2, -0.15) is 0 Å². The topological polar surface area (TPSA) is 78.6 Å². The fraction of sp³-hybridized carbons (Fsp3) is 0.500. The minimum Gasteiger partial charge on any atom is -0.492 e. The Morgan fingerprint density at radius 1 is 1.47 bits per heavy atom. The predicted molar refractivity (Wildman–Crippen MR) is 74.6 cm³/mol. The zero-order valence-corrected chi connectivity index (χ0v) is 12.7. The molecule has 0 bridgehead atoms. The Bertz CT molecular complexity index is 541. The molecule has 2 N–H and O–H groups in total. The van der Waals surface area contributed by atoms with E-state index in [2.05, 4.69) is 15.9 Å². The van der Waals surface area contributed by atoms with E-state index in [1.807, 2.05) is 0 Å². The van der Waals surface area contributed by atoms with Crippen molar-refractivity contribution in [3.05, 3.63) is 22.7 Å². The number of benzene rings is 1. The third-order valence-electron chi connectivity index (χ3n) is 2.95. The van der Waals surface area contributed by atoms with Gasteiger partial charge in [0.1, 0.15) is 5.75 Å². The first-order chi connectivity index (χ1) is 8.97. The van der Waals surface area contributed by atoms with E-state index >= 15 is 0 Å². The van der Waals surface area contributed by atoms with E-state index in [1.54, 1.807) is 6.07 Å². The Morgan fingerprint density at radius 3 is 2.84 bits per heavy atom. The average molecular weight is 350 g/mol. The van der Waals surface area contributed by atoms with Crippen LogP contribution in [0.2, 0.25) is 0 Å². The molecule has 106 valence electrons. The molecule has 1 saturated heterocycles. The van der Waals surface area contributed by atoms with Gasteiger partial charge in [-0.25, -0.2) is 13.6 Å². The molecule has 19 heavy (non-hydrogen) atoms. The molecule has 0 spiro atoms. The van der Waals surface area contributed by atoms with E-state index in [1.165, 1.54) is 12.1 Å². The molecule has 1 heterocycles. The smallest absolute Gasteiger partial charge is 0.238 e. The van der Waals surface area contributed by atoms with Gasteiger partial charge in [0.2, 0.25) is 10.0 Å². The first-order valence-corrected chi connectivity index (χ1v) is 8.37. The van der Waals surface area contributed by atoms with Gasteiger partial charge in [0.05, 0.1) is 22.1 Å². The Hall–Kier alpha value is -0.630. The predicted octanol–water partition coefficient (Wildman–Crippen LogP) is 2.04. The molecule has 1 aromatic rings. The lowest BCUT2D eigenvalue weighted by Gasteiger charge is -2.12. The first kappa shape index (κ1) is 14.8. The quantitative estimate of drug-likeness (QED) is 0.882. The fourth-order valence-electron chi connectivity index (χ4n) is 1.95. The summed E-state index contributed by atoms with van der Waals surface area (Å²) in [5, 5.41) is 5.05. The summed E-state index contributed by atoms with van der Waals surface area (Å²) in [5.74, 6) is 0.602. The number of hydrogen-bond donors (Lipinski definition) is 1. The third-order valence-corrected chi connectivity index (χ3v) is 4.48. The summed E-state index contributed by atoms with van der Waals surface area (Å²) < 4.78 is 34.0. The molecule has 0 radical (unpaired) electrons. The number of hydrogen-bond acceptors (Lipinski definition) is 4. The van der Waals surface area contributed by atoms with E-state index in [4.69, 9.17) is 14.6 Å². The number of ether oxygens (including phenoxy) is 2. The van der Waals surface area contributed by atoms with Gasteiger partial charge in [0, 0.05) is 13.0 Å². The standard InChI is InChI=1S/C12H16BrNO4S/c13-11-8-10(19(14,15)16)3-4-12(11)18-7-5-9-2-1-6-17-9/h3-4,8-9H,1-2,5-7H2,(H2,14,15,16). The normalized spacial score (nSPS) is 19.6. The van der Waals surface area contributed by atoms with Crippen LogP contribution < -0.4 is 9.88 Å². The van der Waals surface area contributed by atoms with Crippen LogP contribution >= 0.6 is 15.9 Å². The zero-order chi connectivity index (χ0) is 13.9. The Balaban J connectivity index is 1.93. The maximum absolute atomic E-state index is 11.2. The monoisotopic (exact) mass is 349 g/mol. The highest BCUT2D eigenvalue weighted by Crippen LogP contribution is 2.28. The summed E-state index contributed by atoms with van der Waals surface area (Å²) >= 11 is 3.28. The van der Waals surface area contributed by atoms with E-state index in [9.17, 15) is 8.42 Å². The molecule has 1 unspecified atom stereocenters. The highest BCUT2D eigenvalue weighted by atomic mass is 79.9. The van der Waals surface area contributed by atoms with Gasteiger partial charge in [-0.15, -0.1) is 0 Å². The molecule has 0 aromatic heterocycles. The van der Waals surface area contributed by atoms with Gasteiger partial charge in [-0.1, -0.05) is 0 Å². The van der Waals surface area contributed by atoms with Crippen molar-refractivity contribution in [2.75, 3.05) is 13.2 Å². The van der Waals surface area contributed by atoms with Gasteiger partial charge < -0.3 is 9.47 Å². The average Bonchev–Trinajstić information content (AvgIpc) is 2.83. The molecule has 1 aromatic carbocycles. The second-order valence-electron chi connectivity index (χ2n) is 4.41. The van der Waals surface area contributed by atoms with Crippen molar-refractivity contribution in [3.8, 4) is 5.75 Å². The van der Waals surface area contributed by atoms with Crippen LogP contribution in [-0.2, 0) is 14.8 Å². The molecule has 1 aliphatic heterocycles. The van der Waals surface area contributed by atoms with Crippen LogP contribution in [0.15, 0.2) is 27.6 Å². The molecule has 1 atom stereocenters. The fourth-order valence-corrected chi connectivity index (χ4v) is 3.13. The number of nitrogens with two attached hydrogens (primary N) is 1. The summed E-state index contributed by atoms with van der Waals surface area (Å²) in [7, 11) is -3.68. The summed E-state index contributed by atoms with van der Waals surface area (Å²) in [6, 6.07) is 4.47. The number of primary sulfonamides is 1. The highest BCUT2D eigenvalue weighted by Gasteiger charge is 2.16. The van der Waals surface area contributed by atoms with Crippen LogP contribution in [0.3, 0.4) is 0 Å². The second kappa shape index (κ2) is 6.21. The summed E-state index contributed by atoms with van der Waals surface area (Å²) in [6.45, 7) is 1.37. The molecule has 0 saturated carbocycles. The van der Waals surface area contributed by atoms with Crippen molar-refractivity contribution >= 4 is 26.0 Å². The van der Waals surface area contributed by atoms with Crippen LogP contribution in [0.5, 0.6) is 5.75 Å². The first-order valence-electron chi connectivity index (χ1n) is 6.03. The van der Waals surface area contributed by atoms with E-state index in [0.717, 1.165) is 25.9 Å². The minimum atomic E-state index is -3.68. The SMILES string of the molecule is NS(=O)(=O)c1ccc(OCCC2CCCO2)c(Br)c1. The Kier molecular flexibility index (Phi) is 4.83. The van der Waals surface area contributed by atoms with Crippen LogP contribution in [0.4, 0.5) is 0 Å². The van der Waals surface area contributed by atoms with Gasteiger partial charge >= 0.3 is 0 Å².